The van der Waals surface area contributed by atoms with Gasteiger partial charge in [-0.05, 0) is 24.6 Å². The number of nitrogens with two attached hydrogens (primary N) is 1. The number of pyridine rings is 1. The number of hydrogen-bond donors (Lipinski definition) is 1. The van der Waals surface area contributed by atoms with Crippen LogP contribution in [0.3, 0.4) is 0 Å². The molecular weight excluding hydrogens is 238 g/mol. The van der Waals surface area contributed by atoms with Crippen LogP contribution < -0.4 is 5.73 Å². The van der Waals surface area contributed by atoms with Crippen LogP contribution in [0.25, 0.3) is 0 Å². The van der Waals surface area contributed by atoms with E-state index in [1.165, 1.54) is 4.31 Å². The molecule has 0 spiro atoms. The molecule has 0 unspecified atom stereocenters. The smallest absolute Gasteiger partial charge is 0.214 e. The highest BCUT2D eigenvalue weighted by Crippen LogP contribution is 2.19. The number of aryl methyl sites for hydroxylation is 1. The molecule has 0 aliphatic carbocycles. The first-order valence-electron chi connectivity index (χ1n) is 5.69. The van der Waals surface area contributed by atoms with Crippen LogP contribution in [0, 0.1) is 5.92 Å². The maximum atomic E-state index is 11.9. The molecule has 1 aliphatic rings. The number of hydrogen-bond acceptors (Lipinski definition) is 4. The van der Waals surface area contributed by atoms with E-state index in [2.05, 4.69) is 4.98 Å². The Labute approximate surface area is 102 Å². The molecule has 2 rings (SSSR count). The van der Waals surface area contributed by atoms with E-state index in [-0.39, 0.29) is 5.75 Å². The molecule has 1 fully saturated rings. The molecule has 2 N–H and O–H groups in total. The molecule has 17 heavy (non-hydrogen) atoms. The minimum atomic E-state index is -3.13. The van der Waals surface area contributed by atoms with E-state index >= 15 is 0 Å². The predicted octanol–water partition coefficient (Wildman–Crippen LogP) is -0.156. The van der Waals surface area contributed by atoms with Gasteiger partial charge >= 0.3 is 0 Å². The van der Waals surface area contributed by atoms with Crippen molar-refractivity contribution in [1.29, 1.82) is 0 Å². The highest BCUT2D eigenvalue weighted by molar-refractivity contribution is 7.89. The predicted molar refractivity (Wildman–Crippen MR) is 65.8 cm³/mol. The monoisotopic (exact) mass is 255 g/mol. The molecule has 94 valence electrons. The lowest BCUT2D eigenvalue weighted by Gasteiger charge is -2.37. The zero-order chi connectivity index (χ0) is 12.3. The van der Waals surface area contributed by atoms with E-state index in [0.29, 0.717) is 32.0 Å². The van der Waals surface area contributed by atoms with E-state index in [1.807, 2.05) is 18.2 Å². The maximum Gasteiger partial charge on any atom is 0.214 e. The molecule has 0 aromatic carbocycles. The van der Waals surface area contributed by atoms with Crippen LogP contribution in [0.15, 0.2) is 24.4 Å². The number of sulfonamides is 1. The summed E-state index contributed by atoms with van der Waals surface area (Å²) in [6.07, 6.45) is 2.14. The SMILES string of the molecule is NCC1CN(S(=O)(=O)CCc2ccccn2)C1. The second-order valence-electron chi connectivity index (χ2n) is 4.31. The van der Waals surface area contributed by atoms with Crippen LogP contribution >= 0.6 is 0 Å². The van der Waals surface area contributed by atoms with Crippen LogP contribution in [0.1, 0.15) is 5.69 Å². The van der Waals surface area contributed by atoms with Crippen molar-refractivity contribution < 1.29 is 8.42 Å². The molecule has 0 saturated carbocycles. The summed E-state index contributed by atoms with van der Waals surface area (Å²) in [5, 5.41) is 0. The highest BCUT2D eigenvalue weighted by atomic mass is 32.2. The lowest BCUT2D eigenvalue weighted by Crippen LogP contribution is -2.53. The largest absolute Gasteiger partial charge is 0.330 e. The van der Waals surface area contributed by atoms with E-state index in [9.17, 15) is 8.42 Å². The van der Waals surface area contributed by atoms with Crippen molar-refractivity contribution in [1.82, 2.24) is 9.29 Å². The van der Waals surface area contributed by atoms with Gasteiger partial charge < -0.3 is 5.73 Å². The van der Waals surface area contributed by atoms with Gasteiger partial charge in [0.25, 0.3) is 0 Å². The van der Waals surface area contributed by atoms with E-state index in [4.69, 9.17) is 5.73 Å². The van der Waals surface area contributed by atoms with Gasteiger partial charge in [-0.15, -0.1) is 0 Å². The molecule has 5 nitrogen and oxygen atoms in total. The Morgan fingerprint density at radius 1 is 1.41 bits per heavy atom. The third kappa shape index (κ3) is 3.02. The van der Waals surface area contributed by atoms with E-state index in [1.54, 1.807) is 6.20 Å². The quantitative estimate of drug-likeness (QED) is 0.793. The average Bonchev–Trinajstić information content (AvgIpc) is 2.26. The van der Waals surface area contributed by atoms with Gasteiger partial charge in [-0.3, -0.25) is 4.98 Å². The van der Waals surface area contributed by atoms with E-state index in [0.717, 1.165) is 5.69 Å². The molecule has 0 bridgehead atoms. The number of aromatic nitrogens is 1. The fraction of sp³-hybridized carbons (Fsp3) is 0.545. The molecule has 1 aliphatic heterocycles. The zero-order valence-electron chi connectivity index (χ0n) is 9.62. The van der Waals surface area contributed by atoms with Gasteiger partial charge in [0.15, 0.2) is 0 Å². The van der Waals surface area contributed by atoms with Gasteiger partial charge in [0, 0.05) is 31.4 Å². The van der Waals surface area contributed by atoms with Crippen molar-refractivity contribution in [2.45, 2.75) is 6.42 Å². The highest BCUT2D eigenvalue weighted by Gasteiger charge is 2.34. The van der Waals surface area contributed by atoms with Crippen LogP contribution in [-0.4, -0.2) is 43.1 Å². The van der Waals surface area contributed by atoms with Crippen molar-refractivity contribution in [3.05, 3.63) is 30.1 Å². The van der Waals surface area contributed by atoms with Crippen molar-refractivity contribution >= 4 is 10.0 Å². The molecule has 1 aromatic rings. The Bertz CT molecular complexity index is 455. The van der Waals surface area contributed by atoms with Crippen LogP contribution in [-0.2, 0) is 16.4 Å². The Morgan fingerprint density at radius 3 is 2.76 bits per heavy atom. The minimum absolute atomic E-state index is 0.126. The summed E-state index contributed by atoms with van der Waals surface area (Å²) in [7, 11) is -3.13. The fourth-order valence-corrected chi connectivity index (χ4v) is 3.41. The van der Waals surface area contributed by atoms with Crippen LogP contribution in [0.4, 0.5) is 0 Å². The first-order valence-corrected chi connectivity index (χ1v) is 7.30. The first kappa shape index (κ1) is 12.5. The third-order valence-corrected chi connectivity index (χ3v) is 4.80. The van der Waals surface area contributed by atoms with Gasteiger partial charge in [0.1, 0.15) is 0 Å². The first-order chi connectivity index (χ1) is 8.12. The summed E-state index contributed by atoms with van der Waals surface area (Å²) in [5.41, 5.74) is 6.28. The average molecular weight is 255 g/mol. The third-order valence-electron chi connectivity index (χ3n) is 2.99. The van der Waals surface area contributed by atoms with Crippen molar-refractivity contribution in [3.8, 4) is 0 Å². The molecular formula is C11H17N3O2S. The molecule has 1 aromatic heterocycles. The zero-order valence-corrected chi connectivity index (χ0v) is 10.4. The molecule has 6 heteroatoms. The second kappa shape index (κ2) is 5.12. The van der Waals surface area contributed by atoms with Crippen molar-refractivity contribution in [2.24, 2.45) is 11.7 Å². The lowest BCUT2D eigenvalue weighted by molar-refractivity contribution is 0.207. The number of nitrogens with zero attached hydrogens (tertiary/aromatic N) is 2. The Hall–Kier alpha value is -0.980. The molecule has 0 atom stereocenters. The fourth-order valence-electron chi connectivity index (χ4n) is 1.81. The summed E-state index contributed by atoms with van der Waals surface area (Å²) in [6.45, 7) is 1.70. The Balaban J connectivity index is 1.87. The summed E-state index contributed by atoms with van der Waals surface area (Å²) < 4.78 is 25.3. The van der Waals surface area contributed by atoms with E-state index < -0.39 is 10.0 Å². The standard InChI is InChI=1S/C11H17N3O2S/c12-7-10-8-14(9-10)17(15,16)6-4-11-3-1-2-5-13-11/h1-3,5,10H,4,6-9,12H2. The summed E-state index contributed by atoms with van der Waals surface area (Å²) in [6, 6.07) is 5.52. The lowest BCUT2D eigenvalue weighted by atomic mass is 10.0. The van der Waals surface area contributed by atoms with Crippen LogP contribution in [0.5, 0.6) is 0 Å². The summed E-state index contributed by atoms with van der Waals surface area (Å²) >= 11 is 0. The van der Waals surface area contributed by atoms with Gasteiger partial charge in [-0.2, -0.15) is 0 Å². The molecule has 1 saturated heterocycles. The number of rotatable bonds is 5. The topological polar surface area (TPSA) is 76.3 Å². The Kier molecular flexibility index (Phi) is 3.76. The van der Waals surface area contributed by atoms with Gasteiger partial charge in [0.2, 0.25) is 10.0 Å². The van der Waals surface area contributed by atoms with Gasteiger partial charge in [-0.1, -0.05) is 6.07 Å². The maximum absolute atomic E-state index is 11.9. The van der Waals surface area contributed by atoms with Gasteiger partial charge in [-0.25, -0.2) is 12.7 Å². The van der Waals surface area contributed by atoms with Crippen molar-refractivity contribution in [3.63, 3.8) is 0 Å². The summed E-state index contributed by atoms with van der Waals surface area (Å²) in [4.78, 5) is 4.11. The molecule has 0 amide bonds. The van der Waals surface area contributed by atoms with Crippen LogP contribution in [0.2, 0.25) is 0 Å². The Morgan fingerprint density at radius 2 is 2.18 bits per heavy atom. The second-order valence-corrected chi connectivity index (χ2v) is 6.39. The minimum Gasteiger partial charge on any atom is -0.330 e. The normalized spacial score (nSPS) is 17.9. The van der Waals surface area contributed by atoms with Gasteiger partial charge in [0.05, 0.1) is 5.75 Å². The molecule has 2 heterocycles. The van der Waals surface area contributed by atoms with Crippen molar-refractivity contribution in [2.75, 3.05) is 25.4 Å². The molecule has 0 radical (unpaired) electrons. The summed E-state index contributed by atoms with van der Waals surface area (Å²) in [5.74, 6) is 0.459.